The van der Waals surface area contributed by atoms with Gasteiger partial charge in [-0.15, -0.1) is 12.4 Å². The zero-order valence-electron chi connectivity index (χ0n) is 12.5. The van der Waals surface area contributed by atoms with Crippen LogP contribution in [0.3, 0.4) is 0 Å². The Morgan fingerprint density at radius 2 is 2.05 bits per heavy atom. The fourth-order valence-corrected chi connectivity index (χ4v) is 2.48. The second-order valence-corrected chi connectivity index (χ2v) is 5.64. The van der Waals surface area contributed by atoms with Gasteiger partial charge in [-0.25, -0.2) is 0 Å². The number of methoxy groups -OCH3 is 1. The van der Waals surface area contributed by atoms with E-state index in [4.69, 9.17) is 4.74 Å². The van der Waals surface area contributed by atoms with E-state index >= 15 is 0 Å². The van der Waals surface area contributed by atoms with Crippen LogP contribution in [-0.4, -0.2) is 75.2 Å². The first kappa shape index (κ1) is 17.7. The van der Waals surface area contributed by atoms with E-state index < -0.39 is 0 Å². The Labute approximate surface area is 128 Å². The molecule has 0 aromatic rings. The molecule has 1 aliphatic carbocycles. The van der Waals surface area contributed by atoms with Crippen molar-refractivity contribution in [3.8, 4) is 0 Å². The van der Waals surface area contributed by atoms with Crippen molar-refractivity contribution in [2.75, 3.05) is 59.5 Å². The van der Waals surface area contributed by atoms with Gasteiger partial charge < -0.3 is 15.0 Å². The first-order valence-electron chi connectivity index (χ1n) is 7.49. The molecule has 0 radical (unpaired) electrons. The second kappa shape index (κ2) is 9.55. The number of ether oxygens (including phenoxy) is 1. The smallest absolute Gasteiger partial charge is 0.236 e. The van der Waals surface area contributed by atoms with Gasteiger partial charge in [-0.3, -0.25) is 9.69 Å². The highest BCUT2D eigenvalue weighted by atomic mass is 35.5. The van der Waals surface area contributed by atoms with Crippen LogP contribution in [-0.2, 0) is 9.53 Å². The predicted octanol–water partition coefficient (Wildman–Crippen LogP) is 0.589. The molecule has 0 aromatic heterocycles. The summed E-state index contributed by atoms with van der Waals surface area (Å²) in [7, 11) is 1.74. The van der Waals surface area contributed by atoms with E-state index in [9.17, 15) is 4.79 Å². The highest BCUT2D eigenvalue weighted by Crippen LogP contribution is 2.27. The predicted molar refractivity (Wildman–Crippen MR) is 82.4 cm³/mol. The highest BCUT2D eigenvalue weighted by Gasteiger charge is 2.22. The number of amides is 1. The Bertz CT molecular complexity index is 288. The minimum absolute atomic E-state index is 0. The van der Waals surface area contributed by atoms with Gasteiger partial charge in [-0.05, 0) is 38.3 Å². The van der Waals surface area contributed by atoms with E-state index in [0.717, 1.165) is 58.2 Å². The van der Waals surface area contributed by atoms with Gasteiger partial charge in [0.15, 0.2) is 0 Å². The first-order valence-corrected chi connectivity index (χ1v) is 7.49. The summed E-state index contributed by atoms with van der Waals surface area (Å²) in [6.45, 7) is 7.06. The minimum Gasteiger partial charge on any atom is -0.383 e. The van der Waals surface area contributed by atoms with Crippen LogP contribution in [0, 0.1) is 5.92 Å². The molecule has 2 rings (SSSR count). The Morgan fingerprint density at radius 1 is 1.25 bits per heavy atom. The van der Waals surface area contributed by atoms with Crippen molar-refractivity contribution in [2.24, 2.45) is 5.92 Å². The van der Waals surface area contributed by atoms with E-state index in [2.05, 4.69) is 10.2 Å². The van der Waals surface area contributed by atoms with E-state index in [1.54, 1.807) is 7.11 Å². The van der Waals surface area contributed by atoms with Crippen LogP contribution >= 0.6 is 12.4 Å². The molecule has 2 fully saturated rings. The number of carbonyl (C=O) groups excluding carboxylic acids is 1. The molecule has 1 saturated carbocycles. The number of halogens is 1. The number of hydrogen-bond acceptors (Lipinski definition) is 4. The van der Waals surface area contributed by atoms with Crippen molar-refractivity contribution in [2.45, 2.75) is 19.3 Å². The lowest BCUT2D eigenvalue weighted by Gasteiger charge is -2.22. The van der Waals surface area contributed by atoms with Gasteiger partial charge >= 0.3 is 0 Å². The third-order valence-corrected chi connectivity index (χ3v) is 3.96. The second-order valence-electron chi connectivity index (χ2n) is 5.64. The van der Waals surface area contributed by atoms with Gasteiger partial charge in [-0.1, -0.05) is 0 Å². The summed E-state index contributed by atoms with van der Waals surface area (Å²) < 4.78 is 5.11. The van der Waals surface area contributed by atoms with Crippen molar-refractivity contribution < 1.29 is 9.53 Å². The average Bonchev–Trinajstić information content (AvgIpc) is 3.22. The van der Waals surface area contributed by atoms with Crippen molar-refractivity contribution in [1.82, 2.24) is 15.1 Å². The van der Waals surface area contributed by atoms with Gasteiger partial charge in [0, 0.05) is 33.3 Å². The number of nitrogens with one attached hydrogen (secondary N) is 1. The SMILES string of the molecule is COCCN1CCCN(C(=O)CNCC2CC2)CC1.Cl. The molecule has 5 nitrogen and oxygen atoms in total. The summed E-state index contributed by atoms with van der Waals surface area (Å²) in [4.78, 5) is 16.5. The molecule has 0 bridgehead atoms. The van der Waals surface area contributed by atoms with Crippen LogP contribution in [0.4, 0.5) is 0 Å². The van der Waals surface area contributed by atoms with E-state index in [0.29, 0.717) is 6.54 Å². The van der Waals surface area contributed by atoms with Crippen LogP contribution in [0.15, 0.2) is 0 Å². The first-order chi connectivity index (χ1) is 9.29. The van der Waals surface area contributed by atoms with Gasteiger partial charge in [0.1, 0.15) is 0 Å². The van der Waals surface area contributed by atoms with Crippen LogP contribution < -0.4 is 5.32 Å². The van der Waals surface area contributed by atoms with Gasteiger partial charge in [0.25, 0.3) is 0 Å². The summed E-state index contributed by atoms with van der Waals surface area (Å²) in [5.41, 5.74) is 0. The Morgan fingerprint density at radius 3 is 2.75 bits per heavy atom. The van der Waals surface area contributed by atoms with E-state index in [-0.39, 0.29) is 18.3 Å². The lowest BCUT2D eigenvalue weighted by molar-refractivity contribution is -0.130. The molecule has 1 N–H and O–H groups in total. The van der Waals surface area contributed by atoms with E-state index in [1.807, 2.05) is 4.90 Å². The fraction of sp³-hybridized carbons (Fsp3) is 0.929. The summed E-state index contributed by atoms with van der Waals surface area (Å²) >= 11 is 0. The zero-order valence-corrected chi connectivity index (χ0v) is 13.3. The van der Waals surface area contributed by atoms with Crippen molar-refractivity contribution >= 4 is 18.3 Å². The monoisotopic (exact) mass is 305 g/mol. The number of carbonyl (C=O) groups is 1. The standard InChI is InChI=1S/C14H27N3O2.ClH/c1-19-10-9-16-5-2-6-17(8-7-16)14(18)12-15-11-13-3-4-13;/h13,15H,2-12H2,1H3;1H. The minimum atomic E-state index is 0. The molecule has 0 aromatic carbocycles. The summed E-state index contributed by atoms with van der Waals surface area (Å²) in [6.07, 6.45) is 3.73. The molecular weight excluding hydrogens is 278 g/mol. The summed E-state index contributed by atoms with van der Waals surface area (Å²) in [5.74, 6) is 1.09. The van der Waals surface area contributed by atoms with Crippen LogP contribution in [0.5, 0.6) is 0 Å². The number of nitrogens with zero attached hydrogens (tertiary/aromatic N) is 2. The summed E-state index contributed by atoms with van der Waals surface area (Å²) in [5, 5.41) is 3.29. The fourth-order valence-electron chi connectivity index (χ4n) is 2.48. The molecule has 6 heteroatoms. The van der Waals surface area contributed by atoms with Gasteiger partial charge in [0.2, 0.25) is 5.91 Å². The third-order valence-electron chi connectivity index (χ3n) is 3.96. The van der Waals surface area contributed by atoms with Crippen molar-refractivity contribution in [1.29, 1.82) is 0 Å². The van der Waals surface area contributed by atoms with E-state index in [1.165, 1.54) is 12.8 Å². The molecule has 1 heterocycles. The Balaban J connectivity index is 0.00000200. The largest absolute Gasteiger partial charge is 0.383 e. The van der Waals surface area contributed by atoms with Gasteiger partial charge in [-0.2, -0.15) is 0 Å². The number of hydrogen-bond donors (Lipinski definition) is 1. The molecule has 118 valence electrons. The van der Waals surface area contributed by atoms with Crippen LogP contribution in [0.1, 0.15) is 19.3 Å². The highest BCUT2D eigenvalue weighted by molar-refractivity contribution is 5.85. The molecule has 1 amide bonds. The summed E-state index contributed by atoms with van der Waals surface area (Å²) in [6, 6.07) is 0. The third kappa shape index (κ3) is 6.39. The topological polar surface area (TPSA) is 44.8 Å². The zero-order chi connectivity index (χ0) is 13.5. The van der Waals surface area contributed by atoms with Crippen molar-refractivity contribution in [3.05, 3.63) is 0 Å². The maximum absolute atomic E-state index is 12.1. The molecular formula is C14H28ClN3O2. The van der Waals surface area contributed by atoms with Crippen molar-refractivity contribution in [3.63, 3.8) is 0 Å². The van der Waals surface area contributed by atoms with Crippen LogP contribution in [0.2, 0.25) is 0 Å². The maximum atomic E-state index is 12.1. The molecule has 0 spiro atoms. The lowest BCUT2D eigenvalue weighted by Crippen LogP contribution is -2.41. The molecule has 0 unspecified atom stereocenters. The quantitative estimate of drug-likeness (QED) is 0.748. The van der Waals surface area contributed by atoms with Crippen LogP contribution in [0.25, 0.3) is 0 Å². The Kier molecular flexibility index (Phi) is 8.45. The van der Waals surface area contributed by atoms with Gasteiger partial charge in [0.05, 0.1) is 13.2 Å². The lowest BCUT2D eigenvalue weighted by atomic mass is 10.3. The molecule has 1 saturated heterocycles. The average molecular weight is 306 g/mol. The molecule has 20 heavy (non-hydrogen) atoms. The molecule has 0 atom stereocenters. The normalized spacial score (nSPS) is 20.4. The Hall–Kier alpha value is -0.360. The molecule has 2 aliphatic rings. The molecule has 1 aliphatic heterocycles. The number of rotatable bonds is 7. The maximum Gasteiger partial charge on any atom is 0.236 e.